The third-order valence-corrected chi connectivity index (χ3v) is 4.16. The highest BCUT2D eigenvalue weighted by molar-refractivity contribution is 14.1. The molecule has 1 aliphatic heterocycles. The number of halogens is 1. The van der Waals surface area contributed by atoms with Crippen molar-refractivity contribution in [2.24, 2.45) is 0 Å². The van der Waals surface area contributed by atoms with Gasteiger partial charge in [0.25, 0.3) is 0 Å². The lowest BCUT2D eigenvalue weighted by molar-refractivity contribution is -0.112. The molecule has 1 heterocycles. The van der Waals surface area contributed by atoms with E-state index in [9.17, 15) is 4.79 Å². The van der Waals surface area contributed by atoms with Crippen LogP contribution in [0.15, 0.2) is 12.2 Å². The highest BCUT2D eigenvalue weighted by Gasteiger charge is 2.31. The minimum absolute atomic E-state index is 0.117. The quantitative estimate of drug-likeness (QED) is 0.420. The van der Waals surface area contributed by atoms with E-state index in [1.165, 1.54) is 19.3 Å². The fourth-order valence-corrected chi connectivity index (χ4v) is 3.08. The molecule has 1 aliphatic rings. The molecule has 1 saturated heterocycles. The molecule has 0 bridgehead atoms. The van der Waals surface area contributed by atoms with E-state index in [0.717, 1.165) is 12.8 Å². The molecule has 0 unspecified atom stereocenters. The van der Waals surface area contributed by atoms with Gasteiger partial charge in [-0.3, -0.25) is 4.79 Å². The smallest absolute Gasteiger partial charge is 0.152 e. The summed E-state index contributed by atoms with van der Waals surface area (Å²) in [4.78, 5) is 10.8. The van der Waals surface area contributed by atoms with E-state index in [1.807, 2.05) is 6.08 Å². The molecule has 1 rings (SSSR count). The molecule has 1 fully saturated rings. The van der Waals surface area contributed by atoms with Crippen LogP contribution in [0.2, 0.25) is 0 Å². The lowest BCUT2D eigenvalue weighted by atomic mass is 10.1. The van der Waals surface area contributed by atoms with E-state index in [1.54, 1.807) is 13.0 Å². The predicted molar refractivity (Wildman–Crippen MR) is 75.0 cm³/mol. The van der Waals surface area contributed by atoms with E-state index >= 15 is 0 Å². The van der Waals surface area contributed by atoms with Crippen LogP contribution in [0.3, 0.4) is 0 Å². The Bertz CT molecular complexity index is 250. The van der Waals surface area contributed by atoms with Crippen molar-refractivity contribution in [2.45, 2.75) is 62.1 Å². The number of hydrogen-bond acceptors (Lipinski definition) is 2. The van der Waals surface area contributed by atoms with Gasteiger partial charge in [0.15, 0.2) is 5.78 Å². The van der Waals surface area contributed by atoms with Crippen LogP contribution in [0.1, 0.15) is 46.0 Å². The number of unbranched alkanes of at least 4 members (excludes halogenated alkanes) is 1. The van der Waals surface area contributed by atoms with E-state index in [0.29, 0.717) is 16.1 Å². The monoisotopic (exact) mass is 336 g/mol. The van der Waals surface area contributed by atoms with Crippen molar-refractivity contribution in [1.82, 2.24) is 0 Å². The zero-order chi connectivity index (χ0) is 12.0. The molecule has 0 aromatic rings. The molecule has 3 heteroatoms. The Morgan fingerprint density at radius 1 is 1.56 bits per heavy atom. The SMILES string of the molecule is CCCC[C@@H]1O[C@@H](C/C=C/C(C)=O)C[C@H]1I. The van der Waals surface area contributed by atoms with Crippen LogP contribution in [-0.4, -0.2) is 21.9 Å². The average molecular weight is 336 g/mol. The van der Waals surface area contributed by atoms with Crippen LogP contribution in [0.25, 0.3) is 0 Å². The zero-order valence-electron chi connectivity index (χ0n) is 10.1. The standard InChI is InChI=1S/C13H21IO2/c1-3-4-8-13-12(14)9-11(16-13)7-5-6-10(2)15/h5-6,11-13H,3-4,7-9H2,1-2H3/b6-5+/t11-,12+,13-/m0/s1. The molecule has 0 saturated carbocycles. The first-order valence-corrected chi connectivity index (χ1v) is 7.34. The fraction of sp³-hybridized carbons (Fsp3) is 0.769. The highest BCUT2D eigenvalue weighted by Crippen LogP contribution is 2.31. The van der Waals surface area contributed by atoms with E-state index < -0.39 is 0 Å². The molecule has 3 atom stereocenters. The van der Waals surface area contributed by atoms with Gasteiger partial charge in [0.05, 0.1) is 12.2 Å². The maximum atomic E-state index is 10.8. The van der Waals surface area contributed by atoms with E-state index in [4.69, 9.17) is 4.74 Å². The Labute approximate surface area is 112 Å². The van der Waals surface area contributed by atoms with Gasteiger partial charge < -0.3 is 4.74 Å². The summed E-state index contributed by atoms with van der Waals surface area (Å²) >= 11 is 2.50. The Hall–Kier alpha value is 0.1000. The number of ketones is 1. The van der Waals surface area contributed by atoms with Crippen molar-refractivity contribution in [3.63, 3.8) is 0 Å². The number of allylic oxidation sites excluding steroid dienone is 1. The Balaban J connectivity index is 2.29. The average Bonchev–Trinajstić information content (AvgIpc) is 2.56. The largest absolute Gasteiger partial charge is 0.374 e. The molecule has 0 spiro atoms. The molecular weight excluding hydrogens is 315 g/mol. The van der Waals surface area contributed by atoms with Gasteiger partial charge in [0, 0.05) is 3.92 Å². The van der Waals surface area contributed by atoms with E-state index in [-0.39, 0.29) is 5.78 Å². The van der Waals surface area contributed by atoms with Gasteiger partial charge in [-0.05, 0) is 32.3 Å². The molecule has 0 aromatic carbocycles. The molecule has 0 amide bonds. The number of rotatable bonds is 6. The number of ether oxygens (including phenoxy) is 1. The van der Waals surface area contributed by atoms with Crippen molar-refractivity contribution >= 4 is 28.4 Å². The maximum Gasteiger partial charge on any atom is 0.152 e. The van der Waals surface area contributed by atoms with Gasteiger partial charge in [-0.1, -0.05) is 48.4 Å². The summed E-state index contributed by atoms with van der Waals surface area (Å²) in [6.45, 7) is 3.79. The summed E-state index contributed by atoms with van der Waals surface area (Å²) in [6, 6.07) is 0. The summed E-state index contributed by atoms with van der Waals surface area (Å²) in [7, 11) is 0. The van der Waals surface area contributed by atoms with Crippen LogP contribution >= 0.6 is 22.6 Å². The molecule has 0 radical (unpaired) electrons. The van der Waals surface area contributed by atoms with Crippen molar-refractivity contribution in [3.8, 4) is 0 Å². The van der Waals surface area contributed by atoms with Crippen molar-refractivity contribution < 1.29 is 9.53 Å². The highest BCUT2D eigenvalue weighted by atomic mass is 127. The molecular formula is C13H21IO2. The topological polar surface area (TPSA) is 26.3 Å². The van der Waals surface area contributed by atoms with Crippen LogP contribution in [0.5, 0.6) is 0 Å². The first-order valence-electron chi connectivity index (χ1n) is 6.10. The van der Waals surface area contributed by atoms with Gasteiger partial charge in [-0.15, -0.1) is 0 Å². The van der Waals surface area contributed by atoms with Crippen LogP contribution < -0.4 is 0 Å². The predicted octanol–water partition coefficient (Wildman–Crippen LogP) is 3.67. The first kappa shape index (κ1) is 14.2. The zero-order valence-corrected chi connectivity index (χ0v) is 12.3. The third-order valence-electron chi connectivity index (χ3n) is 2.85. The van der Waals surface area contributed by atoms with Gasteiger partial charge in [-0.25, -0.2) is 0 Å². The fourth-order valence-electron chi connectivity index (χ4n) is 1.98. The van der Waals surface area contributed by atoms with Gasteiger partial charge in [-0.2, -0.15) is 0 Å². The van der Waals surface area contributed by atoms with Crippen LogP contribution in [0.4, 0.5) is 0 Å². The summed E-state index contributed by atoms with van der Waals surface area (Å²) in [5.41, 5.74) is 0. The van der Waals surface area contributed by atoms with Gasteiger partial charge in [0.1, 0.15) is 0 Å². The van der Waals surface area contributed by atoms with Crippen molar-refractivity contribution in [3.05, 3.63) is 12.2 Å². The number of carbonyl (C=O) groups is 1. The molecule has 2 nitrogen and oxygen atoms in total. The van der Waals surface area contributed by atoms with Crippen molar-refractivity contribution in [1.29, 1.82) is 0 Å². The second kappa shape index (κ2) is 7.43. The molecule has 92 valence electrons. The Morgan fingerprint density at radius 3 is 2.94 bits per heavy atom. The molecule has 16 heavy (non-hydrogen) atoms. The minimum Gasteiger partial charge on any atom is -0.374 e. The summed E-state index contributed by atoms with van der Waals surface area (Å²) < 4.78 is 6.63. The van der Waals surface area contributed by atoms with Gasteiger partial charge in [0.2, 0.25) is 0 Å². The molecule has 0 aliphatic carbocycles. The lowest BCUT2D eigenvalue weighted by Crippen LogP contribution is -2.15. The maximum absolute atomic E-state index is 10.8. The van der Waals surface area contributed by atoms with Crippen molar-refractivity contribution in [2.75, 3.05) is 0 Å². The number of alkyl halides is 1. The minimum atomic E-state index is 0.117. The summed E-state index contributed by atoms with van der Waals surface area (Å²) in [6.07, 6.45) is 9.99. The molecule has 0 aromatic heterocycles. The van der Waals surface area contributed by atoms with E-state index in [2.05, 4.69) is 29.5 Å². The van der Waals surface area contributed by atoms with Crippen LogP contribution in [-0.2, 0) is 9.53 Å². The number of hydrogen-bond donors (Lipinski definition) is 0. The lowest BCUT2D eigenvalue weighted by Gasteiger charge is -2.13. The van der Waals surface area contributed by atoms with Gasteiger partial charge >= 0.3 is 0 Å². The second-order valence-corrected chi connectivity index (χ2v) is 6.04. The second-order valence-electron chi connectivity index (χ2n) is 4.44. The Kier molecular flexibility index (Phi) is 6.58. The first-order chi connectivity index (χ1) is 7.63. The summed E-state index contributed by atoms with van der Waals surface area (Å²) in [5.74, 6) is 0.117. The third kappa shape index (κ3) is 4.95. The normalized spacial score (nSPS) is 30.1. The summed E-state index contributed by atoms with van der Waals surface area (Å²) in [5, 5.41) is 0. The van der Waals surface area contributed by atoms with Crippen LogP contribution in [0, 0.1) is 0 Å². The molecule has 0 N–H and O–H groups in total. The number of carbonyl (C=O) groups excluding carboxylic acids is 1. The Morgan fingerprint density at radius 2 is 2.31 bits per heavy atom.